The van der Waals surface area contributed by atoms with Gasteiger partial charge in [-0.1, -0.05) is 20.8 Å². The number of hydrogen-bond donors (Lipinski definition) is 1. The van der Waals surface area contributed by atoms with Gasteiger partial charge in [-0.2, -0.15) is 13.5 Å². The molecule has 3 heterocycles. The molecule has 3 aromatic heterocycles. The smallest absolute Gasteiger partial charge is 0.285 e. The minimum absolute atomic E-state index is 0.0263. The summed E-state index contributed by atoms with van der Waals surface area (Å²) in [6.07, 6.45) is 3.42. The zero-order valence-electron chi connectivity index (χ0n) is 18.5. The third-order valence-electron chi connectivity index (χ3n) is 4.55. The molecule has 3 aromatic rings. The van der Waals surface area contributed by atoms with Crippen molar-refractivity contribution in [3.63, 3.8) is 0 Å². The highest BCUT2D eigenvalue weighted by molar-refractivity contribution is 7.90. The molecule has 1 N–H and O–H groups in total. The van der Waals surface area contributed by atoms with Crippen molar-refractivity contribution < 1.29 is 22.7 Å². The SMILES string of the molecule is COc1ccc(C(C)(C)C)nc1S(=O)(=O)NC(=O)c1ccc(Cn2cccn2)c(OC)n1. The second-order valence-corrected chi connectivity index (χ2v) is 9.55. The fourth-order valence-electron chi connectivity index (χ4n) is 2.88. The molecule has 0 radical (unpaired) electrons. The Morgan fingerprint density at radius 2 is 1.84 bits per heavy atom. The van der Waals surface area contributed by atoms with E-state index < -0.39 is 21.3 Å². The lowest BCUT2D eigenvalue weighted by molar-refractivity contribution is 0.0975. The maximum absolute atomic E-state index is 13.0. The van der Waals surface area contributed by atoms with E-state index in [0.717, 1.165) is 0 Å². The lowest BCUT2D eigenvalue weighted by atomic mass is 9.92. The summed E-state index contributed by atoms with van der Waals surface area (Å²) >= 11 is 0. The number of nitrogens with zero attached hydrogens (tertiary/aromatic N) is 4. The van der Waals surface area contributed by atoms with Crippen LogP contribution in [-0.4, -0.2) is 48.3 Å². The van der Waals surface area contributed by atoms with Crippen LogP contribution < -0.4 is 14.2 Å². The number of amides is 1. The minimum atomic E-state index is -4.33. The first-order valence-electron chi connectivity index (χ1n) is 9.69. The average molecular weight is 460 g/mol. The molecule has 0 unspecified atom stereocenters. The highest BCUT2D eigenvalue weighted by atomic mass is 32.2. The lowest BCUT2D eigenvalue weighted by Gasteiger charge is -2.19. The molecule has 0 saturated carbocycles. The van der Waals surface area contributed by atoms with Crippen molar-refractivity contribution in [2.45, 2.75) is 37.8 Å². The van der Waals surface area contributed by atoms with Gasteiger partial charge in [0, 0.05) is 29.1 Å². The van der Waals surface area contributed by atoms with Gasteiger partial charge in [0.25, 0.3) is 15.9 Å². The first-order chi connectivity index (χ1) is 15.0. The van der Waals surface area contributed by atoms with Crippen molar-refractivity contribution in [2.75, 3.05) is 14.2 Å². The van der Waals surface area contributed by atoms with Gasteiger partial charge in [-0.05, 0) is 30.3 Å². The minimum Gasteiger partial charge on any atom is -0.494 e. The number of aromatic nitrogens is 4. The van der Waals surface area contributed by atoms with Gasteiger partial charge in [0.15, 0.2) is 5.75 Å². The first-order valence-corrected chi connectivity index (χ1v) is 11.2. The van der Waals surface area contributed by atoms with E-state index in [1.807, 2.05) is 25.5 Å². The highest BCUT2D eigenvalue weighted by Crippen LogP contribution is 2.27. The van der Waals surface area contributed by atoms with Crippen LogP contribution in [0.15, 0.2) is 47.8 Å². The van der Waals surface area contributed by atoms with Gasteiger partial charge in [0.1, 0.15) is 5.69 Å². The quantitative estimate of drug-likeness (QED) is 0.570. The summed E-state index contributed by atoms with van der Waals surface area (Å²) < 4.78 is 40.0. The Morgan fingerprint density at radius 3 is 2.44 bits per heavy atom. The van der Waals surface area contributed by atoms with Crippen LogP contribution in [0.2, 0.25) is 0 Å². The summed E-state index contributed by atoms with van der Waals surface area (Å²) in [5.74, 6) is -0.701. The number of rotatable bonds is 7. The summed E-state index contributed by atoms with van der Waals surface area (Å²) in [5.41, 5.74) is 0.686. The predicted molar refractivity (Wildman–Crippen MR) is 116 cm³/mol. The summed E-state index contributed by atoms with van der Waals surface area (Å²) in [6.45, 7) is 6.08. The summed E-state index contributed by atoms with van der Waals surface area (Å²) in [7, 11) is -1.58. The number of nitrogens with one attached hydrogen (secondary N) is 1. The fourth-order valence-corrected chi connectivity index (χ4v) is 3.96. The molecule has 0 bridgehead atoms. The largest absolute Gasteiger partial charge is 0.494 e. The van der Waals surface area contributed by atoms with Crippen molar-refractivity contribution in [1.29, 1.82) is 0 Å². The molecule has 0 atom stereocenters. The van der Waals surface area contributed by atoms with Gasteiger partial charge in [-0.15, -0.1) is 0 Å². The number of carbonyl (C=O) groups excluding carboxylic acids is 1. The number of methoxy groups -OCH3 is 2. The van der Waals surface area contributed by atoms with Gasteiger partial charge < -0.3 is 9.47 Å². The summed E-state index contributed by atoms with van der Waals surface area (Å²) in [6, 6.07) is 8.03. The molecule has 0 aliphatic heterocycles. The van der Waals surface area contributed by atoms with Crippen molar-refractivity contribution in [1.82, 2.24) is 24.5 Å². The molecule has 0 saturated heterocycles. The van der Waals surface area contributed by atoms with Gasteiger partial charge in [0.2, 0.25) is 10.9 Å². The zero-order chi connectivity index (χ0) is 23.5. The maximum Gasteiger partial charge on any atom is 0.285 e. The van der Waals surface area contributed by atoms with E-state index in [0.29, 0.717) is 17.8 Å². The number of hydrogen-bond acceptors (Lipinski definition) is 8. The van der Waals surface area contributed by atoms with E-state index in [1.165, 1.54) is 26.4 Å². The number of ether oxygens (including phenoxy) is 2. The van der Waals surface area contributed by atoms with E-state index in [4.69, 9.17) is 9.47 Å². The molecular weight excluding hydrogens is 434 g/mol. The Morgan fingerprint density at radius 1 is 1.09 bits per heavy atom. The van der Waals surface area contributed by atoms with E-state index in [-0.39, 0.29) is 22.3 Å². The second kappa shape index (κ2) is 8.95. The first kappa shape index (κ1) is 23.2. The van der Waals surface area contributed by atoms with Crippen molar-refractivity contribution in [3.05, 3.63) is 59.7 Å². The molecule has 0 aromatic carbocycles. The van der Waals surface area contributed by atoms with Gasteiger partial charge in [0.05, 0.1) is 20.8 Å². The van der Waals surface area contributed by atoms with Crippen molar-refractivity contribution in [2.24, 2.45) is 0 Å². The summed E-state index contributed by atoms with van der Waals surface area (Å²) in [5, 5.41) is 3.75. The Balaban J connectivity index is 1.89. The van der Waals surface area contributed by atoms with Crippen LogP contribution in [0.25, 0.3) is 0 Å². The molecule has 0 aliphatic carbocycles. The molecule has 0 aliphatic rings. The topological polar surface area (TPSA) is 125 Å². The Bertz CT molecular complexity index is 1220. The normalized spacial score (nSPS) is 11.8. The second-order valence-electron chi connectivity index (χ2n) is 7.96. The van der Waals surface area contributed by atoms with Crippen molar-refractivity contribution >= 4 is 15.9 Å². The number of carbonyl (C=O) groups is 1. The average Bonchev–Trinajstić information content (AvgIpc) is 3.25. The van der Waals surface area contributed by atoms with E-state index in [2.05, 4.69) is 15.1 Å². The molecule has 170 valence electrons. The Kier molecular flexibility index (Phi) is 6.49. The predicted octanol–water partition coefficient (Wildman–Crippen LogP) is 2.15. The molecule has 10 nitrogen and oxygen atoms in total. The fraction of sp³-hybridized carbons (Fsp3) is 0.333. The molecular formula is C21H25N5O5S. The highest BCUT2D eigenvalue weighted by Gasteiger charge is 2.28. The van der Waals surface area contributed by atoms with Crippen LogP contribution in [-0.2, 0) is 22.0 Å². The Labute approximate surface area is 186 Å². The van der Waals surface area contributed by atoms with Gasteiger partial charge >= 0.3 is 0 Å². The molecule has 0 fully saturated rings. The Hall–Kier alpha value is -3.47. The molecule has 32 heavy (non-hydrogen) atoms. The molecule has 0 spiro atoms. The van der Waals surface area contributed by atoms with E-state index >= 15 is 0 Å². The third kappa shape index (κ3) is 5.05. The molecule has 3 rings (SSSR count). The monoisotopic (exact) mass is 459 g/mol. The zero-order valence-corrected chi connectivity index (χ0v) is 19.3. The van der Waals surface area contributed by atoms with Crippen molar-refractivity contribution in [3.8, 4) is 11.6 Å². The number of pyridine rings is 2. The number of sulfonamides is 1. The molecule has 11 heteroatoms. The van der Waals surface area contributed by atoms with E-state index in [9.17, 15) is 13.2 Å². The lowest BCUT2D eigenvalue weighted by Crippen LogP contribution is -2.32. The van der Waals surface area contributed by atoms with Crippen LogP contribution in [0.3, 0.4) is 0 Å². The van der Waals surface area contributed by atoms with E-state index in [1.54, 1.807) is 35.3 Å². The van der Waals surface area contributed by atoms with Crippen LogP contribution in [0.4, 0.5) is 0 Å². The summed E-state index contributed by atoms with van der Waals surface area (Å²) in [4.78, 5) is 21.1. The van der Waals surface area contributed by atoms with Crippen LogP contribution in [0.5, 0.6) is 11.6 Å². The maximum atomic E-state index is 13.0. The molecule has 1 amide bonds. The van der Waals surface area contributed by atoms with Crippen LogP contribution in [0, 0.1) is 0 Å². The van der Waals surface area contributed by atoms with Gasteiger partial charge in [-0.25, -0.2) is 14.7 Å². The van der Waals surface area contributed by atoms with Crippen LogP contribution in [0.1, 0.15) is 42.5 Å². The van der Waals surface area contributed by atoms with Gasteiger partial charge in [-0.3, -0.25) is 9.48 Å². The third-order valence-corrected chi connectivity index (χ3v) is 5.81. The van der Waals surface area contributed by atoms with Crippen LogP contribution >= 0.6 is 0 Å². The standard InChI is InChI=1S/C21H25N5O5S/c1-21(2,3)17-10-9-16(30-4)20(24-17)32(28,29)25-18(27)15-8-7-14(19(23-15)31-5)13-26-12-6-11-22-26/h6-12H,13H2,1-5H3,(H,25,27).